The molecule has 3 aromatic heterocycles. The third-order valence-corrected chi connectivity index (χ3v) is 14.8. The third-order valence-electron chi connectivity index (χ3n) is 9.31. The molecule has 4 rings (SSSR count). The van der Waals surface area contributed by atoms with Crippen LogP contribution in [0.5, 0.6) is 0 Å². The normalized spacial score (nSPS) is 11.8. The Hall–Kier alpha value is 0.0500. The molecule has 47 heavy (non-hydrogen) atoms. The fourth-order valence-electron chi connectivity index (χ4n) is 6.51. The second kappa shape index (κ2) is 22.1. The number of aromatic nitrogens is 1. The number of hydrogen-bond donors (Lipinski definition) is 0. The number of nitrogens with zero attached hydrogens (tertiary/aromatic N) is 1. The number of hydrogen-bond acceptors (Lipinski definition) is 4. The molecule has 0 aliphatic carbocycles. The molecule has 1 aromatic carbocycles. The molecule has 0 atom stereocenters. The van der Waals surface area contributed by atoms with Crippen LogP contribution >= 0.6 is 89.3 Å². The van der Waals surface area contributed by atoms with Gasteiger partial charge in [-0.1, -0.05) is 153 Å². The fraction of sp³-hybridized carbons (Fsp3) is 0.615. The van der Waals surface area contributed by atoms with Gasteiger partial charge in [0.25, 0.3) is 0 Å². The van der Waals surface area contributed by atoms with Crippen LogP contribution in [-0.2, 0) is 12.8 Å². The highest BCUT2D eigenvalue weighted by Crippen LogP contribution is 2.51. The molecular weight excluding hydrogens is 809 g/mol. The highest BCUT2D eigenvalue weighted by molar-refractivity contribution is 9.11. The van der Waals surface area contributed by atoms with Crippen molar-refractivity contribution in [2.45, 2.75) is 155 Å². The van der Waals surface area contributed by atoms with Crippen molar-refractivity contribution in [2.75, 3.05) is 0 Å². The van der Waals surface area contributed by atoms with E-state index in [0.717, 1.165) is 44.6 Å². The summed E-state index contributed by atoms with van der Waals surface area (Å²) in [5.74, 6) is 0. The van der Waals surface area contributed by atoms with Crippen LogP contribution in [0.4, 0.5) is 0 Å². The minimum Gasteiger partial charge on any atom is -0.192 e. The van der Waals surface area contributed by atoms with Gasteiger partial charge in [0, 0.05) is 31.6 Å². The first kappa shape index (κ1) is 39.8. The van der Waals surface area contributed by atoms with Gasteiger partial charge in [0.15, 0.2) is 0 Å². The van der Waals surface area contributed by atoms with Crippen molar-refractivity contribution in [3.63, 3.8) is 0 Å². The second-order valence-electron chi connectivity index (χ2n) is 13.1. The van der Waals surface area contributed by atoms with Gasteiger partial charge in [0.2, 0.25) is 0 Å². The summed E-state index contributed by atoms with van der Waals surface area (Å²) in [5.41, 5.74) is 5.68. The summed E-state index contributed by atoms with van der Waals surface area (Å²) in [6.07, 6.45) is 29.3. The van der Waals surface area contributed by atoms with Crippen molar-refractivity contribution >= 4 is 100 Å². The molecule has 1 nitrogen and oxygen atoms in total. The van der Waals surface area contributed by atoms with Crippen molar-refractivity contribution in [3.05, 3.63) is 46.3 Å². The molecule has 4 aromatic rings. The number of thiophene rings is 2. The summed E-state index contributed by atoms with van der Waals surface area (Å²) in [6.45, 7) is 4.57. The zero-order valence-corrected chi connectivity index (χ0v) is 35.6. The maximum atomic E-state index is 7.15. The van der Waals surface area contributed by atoms with Crippen molar-refractivity contribution in [3.8, 4) is 20.9 Å². The zero-order valence-electron chi connectivity index (χ0n) is 28.5. The van der Waals surface area contributed by atoms with E-state index in [2.05, 4.69) is 63.2 Å². The molecule has 260 valence electrons. The van der Waals surface area contributed by atoms with Gasteiger partial charge in [-0.25, -0.2) is 0 Å². The molecule has 0 saturated heterocycles. The first-order valence-electron chi connectivity index (χ1n) is 18.3. The number of benzene rings is 1. The SMILES string of the molecule is CCCCCCCCCCCCc1cc(-c2c(Cl)c(Cl)c(-c3cc(CCCCCCCCCCCC)c(Br)s3)c3nscc23)sc1Br. The van der Waals surface area contributed by atoms with Gasteiger partial charge in [-0.2, -0.15) is 4.37 Å². The molecule has 0 aliphatic heterocycles. The molecule has 3 heterocycles. The van der Waals surface area contributed by atoms with E-state index in [-0.39, 0.29) is 0 Å². The minimum absolute atomic E-state index is 0.611. The molecule has 0 spiro atoms. The average Bonchev–Trinajstić information content (AvgIpc) is 3.78. The molecule has 8 heteroatoms. The zero-order chi connectivity index (χ0) is 33.4. The van der Waals surface area contributed by atoms with Gasteiger partial charge >= 0.3 is 0 Å². The molecule has 0 aliphatic rings. The quantitative estimate of drug-likeness (QED) is 0.0640. The summed E-state index contributed by atoms with van der Waals surface area (Å²) in [5, 5.41) is 4.48. The molecular formula is C39H53Br2Cl2NS3. The van der Waals surface area contributed by atoms with Gasteiger partial charge in [-0.05, 0) is 92.3 Å². The molecule has 0 amide bonds. The van der Waals surface area contributed by atoms with Crippen LogP contribution in [0.15, 0.2) is 25.1 Å². The third kappa shape index (κ3) is 12.1. The summed E-state index contributed by atoms with van der Waals surface area (Å²) < 4.78 is 7.27. The predicted molar refractivity (Wildman–Crippen MR) is 223 cm³/mol. The second-order valence-corrected chi connectivity index (χ2v) is 19.3. The lowest BCUT2D eigenvalue weighted by Gasteiger charge is -2.11. The van der Waals surface area contributed by atoms with E-state index in [1.807, 2.05) is 0 Å². The summed E-state index contributed by atoms with van der Waals surface area (Å²) in [4.78, 5) is 2.30. The largest absolute Gasteiger partial charge is 0.192 e. The standard InChI is InChI=1S/C39H53Br2Cl2NS3/c1-3-5-7-9-11-13-15-17-19-21-23-28-25-31(46-38(28)40)33-30-27-45-44-37(30)34(36(43)35(33)42)32-26-29(39(41)47-32)24-22-20-18-16-14-12-10-8-6-4-2/h25-27H,3-24H2,1-2H3. The Bertz CT molecular complexity index is 1380. The lowest BCUT2D eigenvalue weighted by molar-refractivity contribution is 0.556. The number of unbranched alkanes of at least 4 members (excludes halogenated alkanes) is 18. The summed E-state index contributed by atoms with van der Waals surface area (Å²) in [6, 6.07) is 4.63. The predicted octanol–water partition coefficient (Wildman–Crippen LogP) is 17.5. The number of rotatable bonds is 24. The summed E-state index contributed by atoms with van der Waals surface area (Å²) in [7, 11) is 0. The summed E-state index contributed by atoms with van der Waals surface area (Å²) >= 11 is 27.0. The van der Waals surface area contributed by atoms with E-state index in [4.69, 9.17) is 27.6 Å². The Morgan fingerprint density at radius 3 is 1.38 bits per heavy atom. The van der Waals surface area contributed by atoms with Crippen molar-refractivity contribution in [1.29, 1.82) is 0 Å². The Balaban J connectivity index is 1.35. The first-order valence-corrected chi connectivity index (χ1v) is 23.1. The lowest BCUT2D eigenvalue weighted by atomic mass is 10.0. The Morgan fingerprint density at radius 2 is 0.936 bits per heavy atom. The van der Waals surface area contributed by atoms with Crippen LogP contribution in [0, 0.1) is 0 Å². The van der Waals surface area contributed by atoms with Crippen LogP contribution in [0.2, 0.25) is 10.0 Å². The van der Waals surface area contributed by atoms with E-state index >= 15 is 0 Å². The van der Waals surface area contributed by atoms with Crippen LogP contribution in [0.3, 0.4) is 0 Å². The van der Waals surface area contributed by atoms with Crippen molar-refractivity contribution in [1.82, 2.24) is 4.37 Å². The highest BCUT2D eigenvalue weighted by atomic mass is 79.9. The first-order chi connectivity index (χ1) is 23.0. The molecule has 0 bridgehead atoms. The van der Waals surface area contributed by atoms with Gasteiger partial charge in [-0.15, -0.1) is 22.7 Å². The topological polar surface area (TPSA) is 12.9 Å². The highest BCUT2D eigenvalue weighted by Gasteiger charge is 2.24. The van der Waals surface area contributed by atoms with Crippen molar-refractivity contribution < 1.29 is 0 Å². The molecule has 0 saturated carbocycles. The van der Waals surface area contributed by atoms with Crippen LogP contribution in [0.25, 0.3) is 31.8 Å². The van der Waals surface area contributed by atoms with Gasteiger partial charge < -0.3 is 0 Å². The van der Waals surface area contributed by atoms with E-state index in [0.29, 0.717) is 10.0 Å². The number of fused-ring (bicyclic) bond motifs is 1. The van der Waals surface area contributed by atoms with Gasteiger partial charge in [-0.3, -0.25) is 0 Å². The van der Waals surface area contributed by atoms with E-state index < -0.39 is 0 Å². The number of aryl methyl sites for hydroxylation is 2. The van der Waals surface area contributed by atoms with E-state index in [1.54, 1.807) is 22.7 Å². The lowest BCUT2D eigenvalue weighted by Crippen LogP contribution is -1.88. The number of halogens is 4. The Kier molecular flexibility index (Phi) is 18.7. The molecule has 0 radical (unpaired) electrons. The smallest absolute Gasteiger partial charge is 0.0949 e. The average molecular weight is 863 g/mol. The maximum Gasteiger partial charge on any atom is 0.0949 e. The van der Waals surface area contributed by atoms with Crippen LogP contribution in [0.1, 0.15) is 153 Å². The van der Waals surface area contributed by atoms with Crippen LogP contribution in [-0.4, -0.2) is 4.37 Å². The Labute approximate surface area is 324 Å². The van der Waals surface area contributed by atoms with E-state index in [1.165, 1.54) is 159 Å². The van der Waals surface area contributed by atoms with E-state index in [9.17, 15) is 0 Å². The molecule has 0 unspecified atom stereocenters. The minimum atomic E-state index is 0.611. The van der Waals surface area contributed by atoms with Crippen molar-refractivity contribution in [2.24, 2.45) is 0 Å². The maximum absolute atomic E-state index is 7.15. The van der Waals surface area contributed by atoms with Gasteiger partial charge in [0.05, 0.1) is 23.1 Å². The molecule has 0 N–H and O–H groups in total. The van der Waals surface area contributed by atoms with Gasteiger partial charge in [0.1, 0.15) is 0 Å². The monoisotopic (exact) mass is 859 g/mol. The van der Waals surface area contributed by atoms with Crippen LogP contribution < -0.4 is 0 Å². The molecule has 0 fully saturated rings. The fourth-order valence-corrected chi connectivity index (χ4v) is 11.5. The Morgan fingerprint density at radius 1 is 0.553 bits per heavy atom.